The van der Waals surface area contributed by atoms with E-state index < -0.39 is 53.8 Å². The molecule has 0 saturated carbocycles. The Hall–Kier alpha value is -5.01. The first-order valence-corrected chi connectivity index (χ1v) is 14.0. The lowest BCUT2D eigenvalue weighted by Crippen LogP contribution is -2.51. The van der Waals surface area contributed by atoms with Gasteiger partial charge in [-0.1, -0.05) is 38.1 Å². The third-order valence-electron chi connectivity index (χ3n) is 7.28. The molecule has 0 aliphatic carbocycles. The third-order valence-corrected chi connectivity index (χ3v) is 7.28. The molecule has 0 radical (unpaired) electrons. The predicted octanol–water partition coefficient (Wildman–Crippen LogP) is 2.60. The Labute approximate surface area is 265 Å². The van der Waals surface area contributed by atoms with Crippen LogP contribution in [0.2, 0.25) is 0 Å². The summed E-state index contributed by atoms with van der Waals surface area (Å²) in [6, 6.07) is 14.8. The zero-order chi connectivity index (χ0) is 32.0. The van der Waals surface area contributed by atoms with Crippen molar-refractivity contribution < 1.29 is 33.6 Å². The summed E-state index contributed by atoms with van der Waals surface area (Å²) in [5.41, 5.74) is 14.0. The first-order chi connectivity index (χ1) is 21.0. The summed E-state index contributed by atoms with van der Waals surface area (Å²) in [7, 11) is 0. The first kappa shape index (κ1) is 34.5. The summed E-state index contributed by atoms with van der Waals surface area (Å²) in [6.45, 7) is 3.20. The van der Waals surface area contributed by atoms with E-state index in [0.717, 1.165) is 4.90 Å². The van der Waals surface area contributed by atoms with E-state index in [1.807, 2.05) is 13.8 Å². The number of fused-ring (bicyclic) bond motifs is 1. The highest BCUT2D eigenvalue weighted by Gasteiger charge is 2.43. The molecule has 1 aliphatic heterocycles. The number of nitrogens with zero attached hydrogens (tertiary/aromatic N) is 2. The summed E-state index contributed by atoms with van der Waals surface area (Å²) in [5.74, 6) is -6.05. The number of halogens is 1. The monoisotopic (exact) mass is 638 g/mol. The van der Waals surface area contributed by atoms with Gasteiger partial charge >= 0.3 is 0 Å². The van der Waals surface area contributed by atoms with Gasteiger partial charge < -0.3 is 21.2 Å². The number of benzene rings is 2. The number of hydrogen-bond acceptors (Lipinski definition) is 8. The molecule has 4 amide bonds. The van der Waals surface area contributed by atoms with Crippen molar-refractivity contribution in [3.05, 3.63) is 89.4 Å². The summed E-state index contributed by atoms with van der Waals surface area (Å²) in [5, 5.41) is 12.4. The lowest BCUT2D eigenvalue weighted by atomic mass is 9.83. The van der Waals surface area contributed by atoms with Crippen molar-refractivity contribution >= 4 is 53.5 Å². The Morgan fingerprint density at radius 3 is 2.04 bits per heavy atom. The molecule has 3 atom stereocenters. The minimum Gasteiger partial charge on any atom is -0.461 e. The first-order valence-electron chi connectivity index (χ1n) is 14.0. The number of ketones is 1. The van der Waals surface area contributed by atoms with E-state index in [9.17, 15) is 29.2 Å². The van der Waals surface area contributed by atoms with Gasteiger partial charge in [-0.25, -0.2) is 10.5 Å². The van der Waals surface area contributed by atoms with Crippen LogP contribution in [-0.2, 0) is 16.0 Å². The number of nitrogens with one attached hydrogen (secondary N) is 2. The van der Waals surface area contributed by atoms with Gasteiger partial charge in [0.15, 0.2) is 11.7 Å². The van der Waals surface area contributed by atoms with Gasteiger partial charge in [0.05, 0.1) is 41.0 Å². The Morgan fingerprint density at radius 2 is 1.53 bits per heavy atom. The van der Waals surface area contributed by atoms with E-state index in [-0.39, 0.29) is 54.0 Å². The summed E-state index contributed by atoms with van der Waals surface area (Å²) in [6.07, 6.45) is 1.53. The second kappa shape index (κ2) is 15.1. The second-order valence-electron chi connectivity index (χ2n) is 10.9. The van der Waals surface area contributed by atoms with Gasteiger partial charge in [0, 0.05) is 13.0 Å². The van der Waals surface area contributed by atoms with Gasteiger partial charge in [-0.3, -0.25) is 34.1 Å². The fourth-order valence-electron chi connectivity index (χ4n) is 5.21. The number of rotatable bonds is 13. The number of carbonyl (C=O) groups is 5. The van der Waals surface area contributed by atoms with Crippen LogP contribution in [0.1, 0.15) is 57.1 Å². The normalized spacial score (nSPS) is 14.2. The molecule has 14 heteroatoms. The second-order valence-corrected chi connectivity index (χ2v) is 10.9. The average Bonchev–Trinajstić information content (AvgIpc) is 3.62. The lowest BCUT2D eigenvalue weighted by Gasteiger charge is -2.30. The minimum absolute atomic E-state index is 0. The standard InChI is InChI=1S/C31H34N6O7.ClH/c1-17(2)14-22(23(28(40)36-43)16-37-29(41)20-6-3-4-7-21(20)30(37)42)27(39)35-24(26(38)25-8-5-13-44-25)15-18-9-11-19(12-10-18)34-31(32)33;/h3-13,17,22-24,43H,14-16H2,1-2H3,(H,35,39)(H,36,40)(H4,32,33,34);1H/t22-,23?,24+;/m1./s1. The van der Waals surface area contributed by atoms with Gasteiger partial charge in [-0.15, -0.1) is 12.4 Å². The van der Waals surface area contributed by atoms with Crippen LogP contribution in [0.15, 0.2) is 76.3 Å². The van der Waals surface area contributed by atoms with Crippen LogP contribution in [0.25, 0.3) is 0 Å². The maximum Gasteiger partial charge on any atom is 0.261 e. The van der Waals surface area contributed by atoms with Crippen LogP contribution in [0.4, 0.5) is 5.69 Å². The molecule has 1 unspecified atom stereocenters. The Balaban J connectivity index is 0.00000552. The van der Waals surface area contributed by atoms with Crippen molar-refractivity contribution in [3.8, 4) is 0 Å². The number of aliphatic imine (C=N–C) groups is 1. The number of amides is 4. The smallest absolute Gasteiger partial charge is 0.261 e. The van der Waals surface area contributed by atoms with Gasteiger partial charge in [-0.05, 0) is 54.3 Å². The fraction of sp³-hybridized carbons (Fsp3) is 0.290. The van der Waals surface area contributed by atoms with Crippen molar-refractivity contribution in [1.82, 2.24) is 15.7 Å². The van der Waals surface area contributed by atoms with Crippen molar-refractivity contribution in [2.24, 2.45) is 34.2 Å². The maximum atomic E-state index is 14.0. The van der Waals surface area contributed by atoms with E-state index >= 15 is 0 Å². The molecule has 45 heavy (non-hydrogen) atoms. The van der Waals surface area contributed by atoms with Crippen LogP contribution in [0.5, 0.6) is 0 Å². The van der Waals surface area contributed by atoms with Gasteiger partial charge in [-0.2, -0.15) is 0 Å². The molecule has 4 rings (SSSR count). The molecule has 2 aromatic carbocycles. The molecule has 0 spiro atoms. The van der Waals surface area contributed by atoms with Crippen LogP contribution in [0.3, 0.4) is 0 Å². The molecule has 7 N–H and O–H groups in total. The molecular weight excluding hydrogens is 604 g/mol. The number of guanidine groups is 1. The lowest BCUT2D eigenvalue weighted by molar-refractivity contribution is -0.141. The number of Topliss-reactive ketones (excluding diaryl/α,β-unsaturated/α-hetero) is 1. The summed E-state index contributed by atoms with van der Waals surface area (Å²) in [4.78, 5) is 71.5. The zero-order valence-corrected chi connectivity index (χ0v) is 25.5. The topological polar surface area (TPSA) is 210 Å². The number of nitrogens with two attached hydrogens (primary N) is 2. The molecule has 3 aromatic rings. The SMILES string of the molecule is CC(C)C[C@@H](C(=O)N[C@@H](Cc1ccc(N=C(N)N)cc1)C(=O)c1ccco1)C(CN1C(=O)c2ccccc2C1=O)C(=O)NO.Cl. The molecule has 0 bridgehead atoms. The number of hydroxylamine groups is 1. The zero-order valence-electron chi connectivity index (χ0n) is 24.6. The molecule has 238 valence electrons. The molecule has 1 aromatic heterocycles. The number of furan rings is 1. The van der Waals surface area contributed by atoms with Gasteiger partial charge in [0.1, 0.15) is 0 Å². The van der Waals surface area contributed by atoms with Crippen molar-refractivity contribution in [2.75, 3.05) is 6.54 Å². The van der Waals surface area contributed by atoms with Crippen LogP contribution < -0.4 is 22.3 Å². The Kier molecular flexibility index (Phi) is 11.6. The van der Waals surface area contributed by atoms with Crippen molar-refractivity contribution in [1.29, 1.82) is 0 Å². The quantitative estimate of drug-likeness (QED) is 0.0464. The van der Waals surface area contributed by atoms with Crippen molar-refractivity contribution in [3.63, 3.8) is 0 Å². The van der Waals surface area contributed by atoms with E-state index in [4.69, 9.17) is 15.9 Å². The van der Waals surface area contributed by atoms with E-state index in [1.54, 1.807) is 47.9 Å². The number of carbonyl (C=O) groups excluding carboxylic acids is 5. The van der Waals surface area contributed by atoms with Crippen molar-refractivity contribution in [2.45, 2.75) is 32.7 Å². The largest absolute Gasteiger partial charge is 0.461 e. The average molecular weight is 639 g/mol. The molecule has 13 nitrogen and oxygen atoms in total. The van der Waals surface area contributed by atoms with Gasteiger partial charge in [0.2, 0.25) is 17.6 Å². The van der Waals surface area contributed by atoms with Crippen LogP contribution >= 0.6 is 12.4 Å². The highest BCUT2D eigenvalue weighted by Crippen LogP contribution is 2.28. The molecule has 0 saturated heterocycles. The highest BCUT2D eigenvalue weighted by atomic mass is 35.5. The fourth-order valence-corrected chi connectivity index (χ4v) is 5.21. The van der Waals surface area contributed by atoms with Crippen LogP contribution in [0, 0.1) is 17.8 Å². The number of imide groups is 1. The molecule has 1 aliphatic rings. The predicted molar refractivity (Wildman–Crippen MR) is 166 cm³/mol. The maximum absolute atomic E-state index is 14.0. The summed E-state index contributed by atoms with van der Waals surface area (Å²) >= 11 is 0. The van der Waals surface area contributed by atoms with E-state index in [0.29, 0.717) is 11.3 Å². The Morgan fingerprint density at radius 1 is 0.911 bits per heavy atom. The van der Waals surface area contributed by atoms with Crippen LogP contribution in [-0.4, -0.2) is 58.1 Å². The summed E-state index contributed by atoms with van der Waals surface area (Å²) < 4.78 is 5.30. The minimum atomic E-state index is -1.33. The Bertz CT molecular complexity index is 1530. The van der Waals surface area contributed by atoms with E-state index in [1.165, 1.54) is 24.5 Å². The van der Waals surface area contributed by atoms with E-state index in [2.05, 4.69) is 10.3 Å². The molecule has 0 fully saturated rings. The highest BCUT2D eigenvalue weighted by molar-refractivity contribution is 6.21. The number of hydrogen-bond donors (Lipinski definition) is 5. The third kappa shape index (κ3) is 8.13. The molecule has 2 heterocycles. The van der Waals surface area contributed by atoms with Gasteiger partial charge in [0.25, 0.3) is 11.8 Å². The molecular formula is C31H35ClN6O7.